The highest BCUT2D eigenvalue weighted by Crippen LogP contribution is 2.33. The number of aromatic nitrogens is 1. The number of aliphatic hydroxyl groups is 2. The Kier molecular flexibility index (Phi) is 7.08. The summed E-state index contributed by atoms with van der Waals surface area (Å²) in [5.41, 5.74) is 2.82. The number of ether oxygens (including phenoxy) is 2. The van der Waals surface area contributed by atoms with Gasteiger partial charge >= 0.3 is 11.9 Å². The second kappa shape index (κ2) is 9.29. The molecule has 1 atom stereocenters. The molecule has 0 amide bonds. The third-order valence-electron chi connectivity index (χ3n) is 4.24. The van der Waals surface area contributed by atoms with Crippen molar-refractivity contribution in [3.8, 4) is 11.1 Å². The van der Waals surface area contributed by atoms with Crippen LogP contribution >= 0.6 is 0 Å². The molecule has 0 fully saturated rings. The normalized spacial score (nSPS) is 11.6. The number of hydrogen-bond acceptors (Lipinski definition) is 8. The molecule has 0 saturated carbocycles. The van der Waals surface area contributed by atoms with Gasteiger partial charge in [-0.15, -0.1) is 0 Å². The molecule has 8 heteroatoms. The average Bonchev–Trinajstić information content (AvgIpc) is 2.70. The lowest BCUT2D eigenvalue weighted by atomic mass is 9.92. The summed E-state index contributed by atoms with van der Waals surface area (Å²) < 4.78 is 9.81. The van der Waals surface area contributed by atoms with E-state index < -0.39 is 18.0 Å². The Morgan fingerprint density at radius 3 is 2.18 bits per heavy atom. The van der Waals surface area contributed by atoms with Crippen LogP contribution in [0.1, 0.15) is 32.1 Å². The van der Waals surface area contributed by atoms with Crippen molar-refractivity contribution in [2.24, 2.45) is 0 Å². The van der Waals surface area contributed by atoms with Gasteiger partial charge in [0.2, 0.25) is 0 Å². The second-order valence-electron chi connectivity index (χ2n) is 6.19. The molecule has 8 nitrogen and oxygen atoms in total. The van der Waals surface area contributed by atoms with E-state index in [1.54, 1.807) is 38.1 Å². The summed E-state index contributed by atoms with van der Waals surface area (Å²) in [5, 5.41) is 21.5. The molecule has 0 aliphatic carbocycles. The SMILES string of the molecule is COC(=O)c1c(C)nc(C)c(C(=O)OC)c1-c1cccc(NCC(O)CO)c1. The van der Waals surface area contributed by atoms with Crippen molar-refractivity contribution in [2.75, 3.05) is 32.7 Å². The summed E-state index contributed by atoms with van der Waals surface area (Å²) in [6.45, 7) is 3.11. The van der Waals surface area contributed by atoms with Crippen molar-refractivity contribution in [3.05, 3.63) is 46.8 Å². The molecule has 2 rings (SSSR count). The minimum atomic E-state index is -0.912. The Morgan fingerprint density at radius 2 is 1.68 bits per heavy atom. The maximum atomic E-state index is 12.5. The lowest BCUT2D eigenvalue weighted by Crippen LogP contribution is -2.22. The van der Waals surface area contributed by atoms with Crippen molar-refractivity contribution in [2.45, 2.75) is 20.0 Å². The number of nitrogens with one attached hydrogen (secondary N) is 1. The molecular formula is C20H24N2O6. The molecule has 28 heavy (non-hydrogen) atoms. The van der Waals surface area contributed by atoms with Gasteiger partial charge in [-0.05, 0) is 31.5 Å². The highest BCUT2D eigenvalue weighted by Gasteiger charge is 2.27. The van der Waals surface area contributed by atoms with Crippen LogP contribution in [-0.2, 0) is 9.47 Å². The number of benzene rings is 1. The van der Waals surface area contributed by atoms with E-state index in [-0.39, 0.29) is 24.3 Å². The summed E-state index contributed by atoms with van der Waals surface area (Å²) in [6, 6.07) is 7.00. The van der Waals surface area contributed by atoms with E-state index in [1.807, 2.05) is 0 Å². The molecule has 1 unspecified atom stereocenters. The number of pyridine rings is 1. The smallest absolute Gasteiger partial charge is 0.340 e. The van der Waals surface area contributed by atoms with Crippen LogP contribution in [0.4, 0.5) is 5.69 Å². The van der Waals surface area contributed by atoms with Gasteiger partial charge in [-0.1, -0.05) is 12.1 Å². The first-order valence-electron chi connectivity index (χ1n) is 8.65. The molecule has 0 radical (unpaired) electrons. The molecule has 150 valence electrons. The van der Waals surface area contributed by atoms with Gasteiger partial charge in [-0.3, -0.25) is 4.98 Å². The van der Waals surface area contributed by atoms with E-state index in [0.717, 1.165) is 0 Å². The number of carbonyl (C=O) groups is 2. The molecule has 0 aliphatic rings. The topological polar surface area (TPSA) is 118 Å². The maximum Gasteiger partial charge on any atom is 0.340 e. The summed E-state index contributed by atoms with van der Waals surface area (Å²) >= 11 is 0. The predicted molar refractivity (Wildman–Crippen MR) is 103 cm³/mol. The van der Waals surface area contributed by atoms with Crippen LogP contribution in [0.2, 0.25) is 0 Å². The first kappa shape index (κ1) is 21.3. The highest BCUT2D eigenvalue weighted by atomic mass is 16.5. The minimum absolute atomic E-state index is 0.141. The Bertz CT molecular complexity index is 841. The van der Waals surface area contributed by atoms with Crippen LogP contribution in [-0.4, -0.2) is 60.6 Å². The number of rotatable bonds is 7. The number of aliphatic hydroxyl groups excluding tert-OH is 2. The van der Waals surface area contributed by atoms with Gasteiger partial charge in [0.25, 0.3) is 0 Å². The molecule has 3 N–H and O–H groups in total. The highest BCUT2D eigenvalue weighted by molar-refractivity contribution is 6.07. The average molecular weight is 388 g/mol. The minimum Gasteiger partial charge on any atom is -0.465 e. The zero-order valence-corrected chi connectivity index (χ0v) is 16.3. The molecule has 2 aromatic rings. The number of carbonyl (C=O) groups excluding carboxylic acids is 2. The Balaban J connectivity index is 2.68. The summed E-state index contributed by atoms with van der Waals surface area (Å²) in [6.07, 6.45) is -0.912. The van der Waals surface area contributed by atoms with Crippen LogP contribution in [0.5, 0.6) is 0 Å². The van der Waals surface area contributed by atoms with Crippen LogP contribution < -0.4 is 5.32 Å². The molecule has 1 aromatic carbocycles. The first-order chi connectivity index (χ1) is 13.3. The third-order valence-corrected chi connectivity index (χ3v) is 4.24. The van der Waals surface area contributed by atoms with Gasteiger partial charge in [-0.2, -0.15) is 0 Å². The molecule has 1 heterocycles. The van der Waals surface area contributed by atoms with Crippen molar-refractivity contribution >= 4 is 17.6 Å². The quantitative estimate of drug-likeness (QED) is 0.614. The molecule has 0 spiro atoms. The van der Waals surface area contributed by atoms with Gasteiger partial charge in [0.05, 0.1) is 49.4 Å². The third kappa shape index (κ3) is 4.47. The fourth-order valence-corrected chi connectivity index (χ4v) is 2.93. The zero-order chi connectivity index (χ0) is 20.8. The molecule has 0 aliphatic heterocycles. The van der Waals surface area contributed by atoms with E-state index >= 15 is 0 Å². The number of nitrogens with zero attached hydrogens (tertiary/aromatic N) is 1. The molecule has 1 aromatic heterocycles. The Labute approximate surface area is 163 Å². The lowest BCUT2D eigenvalue weighted by Gasteiger charge is -2.18. The fraction of sp³-hybridized carbons (Fsp3) is 0.350. The van der Waals surface area contributed by atoms with Gasteiger partial charge < -0.3 is 25.0 Å². The molecule has 0 bridgehead atoms. The number of methoxy groups -OCH3 is 2. The van der Waals surface area contributed by atoms with Crippen LogP contribution in [0.15, 0.2) is 24.3 Å². The largest absolute Gasteiger partial charge is 0.465 e. The molecule has 0 saturated heterocycles. The van der Waals surface area contributed by atoms with Gasteiger partial charge in [0.1, 0.15) is 0 Å². The zero-order valence-electron chi connectivity index (χ0n) is 16.3. The van der Waals surface area contributed by atoms with Gasteiger partial charge in [0.15, 0.2) is 0 Å². The van der Waals surface area contributed by atoms with Crippen LogP contribution in [0.25, 0.3) is 11.1 Å². The maximum absolute atomic E-state index is 12.5. The number of aryl methyl sites for hydroxylation is 2. The van der Waals surface area contributed by atoms with E-state index in [4.69, 9.17) is 14.6 Å². The van der Waals surface area contributed by atoms with Crippen molar-refractivity contribution in [1.82, 2.24) is 4.98 Å². The second-order valence-corrected chi connectivity index (χ2v) is 6.19. The monoisotopic (exact) mass is 388 g/mol. The molecular weight excluding hydrogens is 364 g/mol. The van der Waals surface area contributed by atoms with Gasteiger partial charge in [-0.25, -0.2) is 9.59 Å². The fourth-order valence-electron chi connectivity index (χ4n) is 2.93. The van der Waals surface area contributed by atoms with E-state index in [2.05, 4.69) is 10.3 Å². The summed E-state index contributed by atoms with van der Waals surface area (Å²) in [7, 11) is 2.52. The van der Waals surface area contributed by atoms with E-state index in [1.165, 1.54) is 14.2 Å². The van der Waals surface area contributed by atoms with E-state index in [0.29, 0.717) is 28.2 Å². The van der Waals surface area contributed by atoms with Crippen molar-refractivity contribution in [1.29, 1.82) is 0 Å². The first-order valence-corrected chi connectivity index (χ1v) is 8.65. The van der Waals surface area contributed by atoms with Gasteiger partial charge in [0, 0.05) is 17.8 Å². The Morgan fingerprint density at radius 1 is 1.11 bits per heavy atom. The number of hydrogen-bond donors (Lipinski definition) is 3. The standard InChI is InChI=1S/C20H24N2O6/c1-11-16(19(25)27-3)18(17(12(2)22-11)20(26)28-4)13-6-5-7-14(8-13)21-9-15(24)10-23/h5-8,15,21,23-24H,9-10H2,1-4H3. The van der Waals surface area contributed by atoms with Crippen molar-refractivity contribution < 1.29 is 29.3 Å². The summed E-state index contributed by atoms with van der Waals surface area (Å²) in [4.78, 5) is 29.2. The predicted octanol–water partition coefficient (Wildman–Crippen LogP) is 1.70. The Hall–Kier alpha value is -2.97. The lowest BCUT2D eigenvalue weighted by molar-refractivity contribution is 0.0599. The van der Waals surface area contributed by atoms with E-state index in [9.17, 15) is 14.7 Å². The van der Waals surface area contributed by atoms with Crippen molar-refractivity contribution in [3.63, 3.8) is 0 Å². The van der Waals surface area contributed by atoms with Crippen LogP contribution in [0, 0.1) is 13.8 Å². The number of anilines is 1. The van der Waals surface area contributed by atoms with Crippen LogP contribution in [0.3, 0.4) is 0 Å². The summed E-state index contributed by atoms with van der Waals surface area (Å²) in [5.74, 6) is -1.22. The number of esters is 2.